The van der Waals surface area contributed by atoms with Crippen molar-refractivity contribution in [2.24, 2.45) is 2.98 Å². The first-order valence-corrected chi connectivity index (χ1v) is 12.8. The molecule has 0 aromatic carbocycles. The number of carbonyl (C=O) groups excluding carboxylic acids is 2. The topological polar surface area (TPSA) is 82.6 Å². The van der Waals surface area contributed by atoms with E-state index >= 15 is 0 Å². The number of nitrogens with one attached hydrogen (secondary N) is 3. The summed E-state index contributed by atoms with van der Waals surface area (Å²) < 4.78 is 7.44. The van der Waals surface area contributed by atoms with Crippen LogP contribution in [0, 0.1) is 0 Å². The van der Waals surface area contributed by atoms with Gasteiger partial charge in [0.2, 0.25) is 0 Å². The van der Waals surface area contributed by atoms with Crippen molar-refractivity contribution >= 4 is 39.3 Å². The van der Waals surface area contributed by atoms with Gasteiger partial charge < -0.3 is 0 Å². The van der Waals surface area contributed by atoms with E-state index in [4.69, 9.17) is 0 Å². The molecule has 2 amide bonds. The third-order valence-corrected chi connectivity index (χ3v) is 11.0. The monoisotopic (exact) mass is 394 g/mol. The van der Waals surface area contributed by atoms with Crippen molar-refractivity contribution < 1.29 is 9.59 Å². The Balaban J connectivity index is 1.78. The van der Waals surface area contributed by atoms with Crippen LogP contribution in [0.3, 0.4) is 0 Å². The fourth-order valence-electron chi connectivity index (χ4n) is 2.55. The van der Waals surface area contributed by atoms with E-state index in [1.54, 1.807) is 0 Å². The zero-order chi connectivity index (χ0) is 15.4. The maximum atomic E-state index is 12.2. The maximum absolute atomic E-state index is 12.2. The molecule has 1 saturated heterocycles. The standard InChI is InChI=1S/C11H16N4O2.C3H7.In/c1-3-10(12)11(17)15-9-4-8(14-6-9)5-13-7(2)16;1-3-2;/h1,3,8-9,14H,4-6H2,2H3,(H,13,16)(H,15,17);3H,1-2H3;/q-1;;+1/t8-,9-;;/m0../s1. The van der Waals surface area contributed by atoms with Gasteiger partial charge in [0.25, 0.3) is 0 Å². The van der Waals surface area contributed by atoms with Gasteiger partial charge in [0.05, 0.1) is 0 Å². The second-order valence-electron chi connectivity index (χ2n) is 6.06. The number of carbonyl (C=O) groups is 2. The molecule has 7 heteroatoms. The van der Waals surface area contributed by atoms with Gasteiger partial charge in [0, 0.05) is 0 Å². The normalized spacial score (nSPS) is 24.4. The van der Waals surface area contributed by atoms with Gasteiger partial charge in [-0.3, -0.25) is 0 Å². The molecule has 0 spiro atoms. The van der Waals surface area contributed by atoms with Crippen LogP contribution >= 0.6 is 0 Å². The molecule has 2 atom stereocenters. The number of hydrogen-bond donors (Lipinski definition) is 3. The fraction of sp³-hybridized carbons (Fsp3) is 0.643. The minimum atomic E-state index is -1.97. The molecule has 6 nitrogen and oxygen atoms in total. The Hall–Kier alpha value is -0.820. The molecular formula is C14H23InN4O2. The third kappa shape index (κ3) is 4.85. The molecule has 3 N–H and O–H groups in total. The SMILES string of the molecule is CC(=O)NC[C@@H]1C[C@H](NC(=O)C2=[N][In]([CH](C)C)[CH]=C2)CN1. The van der Waals surface area contributed by atoms with Gasteiger partial charge in [-0.15, -0.1) is 0 Å². The molecule has 0 aromatic rings. The molecule has 0 bridgehead atoms. The summed E-state index contributed by atoms with van der Waals surface area (Å²) in [6.07, 6.45) is 2.73. The third-order valence-electron chi connectivity index (χ3n) is 3.81. The zero-order valence-electron chi connectivity index (χ0n) is 12.8. The molecule has 0 saturated carbocycles. The van der Waals surface area contributed by atoms with E-state index in [-0.39, 0.29) is 23.9 Å². The molecule has 1 fully saturated rings. The number of rotatable bonds is 5. The zero-order valence-corrected chi connectivity index (χ0v) is 16.1. The molecule has 2 aliphatic rings. The first-order valence-electron chi connectivity index (χ1n) is 7.50. The van der Waals surface area contributed by atoms with Crippen LogP contribution in [-0.2, 0) is 9.59 Å². The van der Waals surface area contributed by atoms with E-state index in [1.807, 2.05) is 6.08 Å². The Labute approximate surface area is 133 Å². The predicted octanol–water partition coefficient (Wildman–Crippen LogP) is -0.0793. The predicted molar refractivity (Wildman–Crippen MR) is 84.4 cm³/mol. The van der Waals surface area contributed by atoms with Crippen molar-refractivity contribution in [2.45, 2.75) is 43.0 Å². The molecule has 0 radical (unpaired) electrons. The summed E-state index contributed by atoms with van der Waals surface area (Å²) >= 11 is -1.97. The van der Waals surface area contributed by atoms with Crippen molar-refractivity contribution in [3.05, 3.63) is 9.91 Å². The van der Waals surface area contributed by atoms with Crippen LogP contribution < -0.4 is 16.0 Å². The number of amides is 2. The van der Waals surface area contributed by atoms with Crippen molar-refractivity contribution in [2.75, 3.05) is 13.1 Å². The number of nitrogens with zero attached hydrogens (tertiary/aromatic N) is 1. The van der Waals surface area contributed by atoms with Gasteiger partial charge in [-0.2, -0.15) is 0 Å². The van der Waals surface area contributed by atoms with Crippen LogP contribution in [-0.4, -0.2) is 64.4 Å². The van der Waals surface area contributed by atoms with Gasteiger partial charge >= 0.3 is 134 Å². The van der Waals surface area contributed by atoms with E-state index in [9.17, 15) is 9.59 Å². The first kappa shape index (κ1) is 16.5. The van der Waals surface area contributed by atoms with Crippen LogP contribution in [0.15, 0.2) is 12.9 Å². The van der Waals surface area contributed by atoms with Crippen LogP contribution in [0.2, 0.25) is 3.67 Å². The van der Waals surface area contributed by atoms with Crippen LogP contribution in [0.25, 0.3) is 0 Å². The van der Waals surface area contributed by atoms with Crippen LogP contribution in [0.5, 0.6) is 0 Å². The summed E-state index contributed by atoms with van der Waals surface area (Å²) in [5.74, 6) is -0.0833. The summed E-state index contributed by atoms with van der Waals surface area (Å²) in [6.45, 7) is 7.22. The van der Waals surface area contributed by atoms with Gasteiger partial charge in [0.15, 0.2) is 0 Å². The van der Waals surface area contributed by atoms with E-state index in [0.717, 1.165) is 13.0 Å². The van der Waals surface area contributed by atoms with E-state index in [2.05, 4.69) is 36.6 Å². The molecule has 0 aromatic heterocycles. The Morgan fingerprint density at radius 3 is 2.90 bits per heavy atom. The molecule has 2 aliphatic heterocycles. The van der Waals surface area contributed by atoms with Gasteiger partial charge in [-0.05, 0) is 0 Å². The fourth-order valence-corrected chi connectivity index (χ4v) is 7.50. The van der Waals surface area contributed by atoms with Crippen molar-refractivity contribution in [3.63, 3.8) is 0 Å². The summed E-state index contributed by atoms with van der Waals surface area (Å²) in [5, 5.41) is 9.14. The Bertz CT molecular complexity index is 476. The van der Waals surface area contributed by atoms with E-state index < -0.39 is 21.7 Å². The van der Waals surface area contributed by atoms with E-state index in [1.165, 1.54) is 6.92 Å². The molecule has 21 heavy (non-hydrogen) atoms. The molecule has 0 unspecified atom stereocenters. The molecule has 2 heterocycles. The first-order chi connectivity index (χ1) is 9.95. The Kier molecular flexibility index (Phi) is 5.87. The van der Waals surface area contributed by atoms with Crippen molar-refractivity contribution in [1.82, 2.24) is 16.0 Å². The van der Waals surface area contributed by atoms with E-state index in [0.29, 0.717) is 15.9 Å². The minimum absolute atomic E-state index is 0.0260. The summed E-state index contributed by atoms with van der Waals surface area (Å²) in [7, 11) is 0. The summed E-state index contributed by atoms with van der Waals surface area (Å²) in [6, 6.07) is 0.337. The number of hydrogen-bond acceptors (Lipinski definition) is 4. The molecular weight excluding hydrogens is 371 g/mol. The van der Waals surface area contributed by atoms with Gasteiger partial charge in [-0.25, -0.2) is 0 Å². The quantitative estimate of drug-likeness (QED) is 0.610. The average Bonchev–Trinajstić information content (AvgIpc) is 3.05. The summed E-state index contributed by atoms with van der Waals surface area (Å²) in [5.41, 5.74) is 0.606. The molecule has 2 rings (SSSR count). The Morgan fingerprint density at radius 1 is 1.52 bits per heavy atom. The Morgan fingerprint density at radius 2 is 2.29 bits per heavy atom. The second kappa shape index (κ2) is 7.45. The van der Waals surface area contributed by atoms with Crippen LogP contribution in [0.1, 0.15) is 27.2 Å². The average molecular weight is 394 g/mol. The van der Waals surface area contributed by atoms with Crippen molar-refractivity contribution in [1.29, 1.82) is 0 Å². The molecule has 0 aliphatic carbocycles. The molecule has 114 valence electrons. The van der Waals surface area contributed by atoms with Gasteiger partial charge in [-0.1, -0.05) is 0 Å². The van der Waals surface area contributed by atoms with Gasteiger partial charge in [0.1, 0.15) is 0 Å². The second-order valence-corrected chi connectivity index (χ2v) is 14.5. The van der Waals surface area contributed by atoms with Crippen LogP contribution in [0.4, 0.5) is 0 Å². The summed E-state index contributed by atoms with van der Waals surface area (Å²) in [4.78, 5) is 23.1. The van der Waals surface area contributed by atoms with Crippen molar-refractivity contribution in [3.8, 4) is 0 Å².